The van der Waals surface area contributed by atoms with Crippen molar-refractivity contribution in [2.75, 3.05) is 14.1 Å². The summed E-state index contributed by atoms with van der Waals surface area (Å²) in [7, 11) is 2.99. The Hall–Kier alpha value is -2.92. The molecule has 1 amide bonds. The van der Waals surface area contributed by atoms with E-state index < -0.39 is 75.0 Å². The van der Waals surface area contributed by atoms with E-state index in [-0.39, 0.29) is 22.6 Å². The van der Waals surface area contributed by atoms with Gasteiger partial charge in [-0.05, 0) is 39.6 Å². The number of primary amides is 1. The Bertz CT molecular complexity index is 1200. The lowest BCUT2D eigenvalue weighted by atomic mass is 9.55. The van der Waals surface area contributed by atoms with E-state index in [1.54, 1.807) is 0 Å². The molecular formula is C22H23ClN2O8. The van der Waals surface area contributed by atoms with Crippen molar-refractivity contribution in [3.05, 3.63) is 50.9 Å². The maximum absolute atomic E-state index is 13.4. The first-order valence-corrected chi connectivity index (χ1v) is 10.5. The minimum absolute atomic E-state index is 0.00293. The zero-order valence-electron chi connectivity index (χ0n) is 18.0. The standard InChI is InChI=1S/C22H23ClN2O8/c1-21(32)7-6-8-15(25(2)3)17(28)13(20(24)31)19(30)22(8,33)18(29)11(7)16(27)12-10(26)5-4-9(23)14(12)21/h4-5,7-8,15,26,29-30,32-33H,6H2,1-3H3,(H2,24,31)/t7?,8-,15-,21-,22-/m0/s1. The highest BCUT2D eigenvalue weighted by atomic mass is 35.5. The molecule has 3 aliphatic rings. The summed E-state index contributed by atoms with van der Waals surface area (Å²) in [5.41, 5.74) is -1.11. The molecule has 33 heavy (non-hydrogen) atoms. The summed E-state index contributed by atoms with van der Waals surface area (Å²) in [6, 6.07) is 1.23. The first-order valence-electron chi connectivity index (χ1n) is 10.1. The summed E-state index contributed by atoms with van der Waals surface area (Å²) in [6.45, 7) is 1.34. The van der Waals surface area contributed by atoms with Gasteiger partial charge in [-0.1, -0.05) is 11.6 Å². The Kier molecular flexibility index (Phi) is 4.96. The number of phenolic OH excluding ortho intramolecular Hbond substituents is 1. The van der Waals surface area contributed by atoms with Crippen LogP contribution in [0.1, 0.15) is 29.3 Å². The van der Waals surface area contributed by atoms with Crippen LogP contribution < -0.4 is 5.73 Å². The maximum Gasteiger partial charge on any atom is 0.255 e. The van der Waals surface area contributed by atoms with Crippen LogP contribution in [0.25, 0.3) is 0 Å². The highest BCUT2D eigenvalue weighted by Crippen LogP contribution is 2.58. The molecule has 0 heterocycles. The number of ketones is 2. The number of nitrogens with two attached hydrogens (primary N) is 1. The molecular weight excluding hydrogens is 456 g/mol. The maximum atomic E-state index is 13.4. The van der Waals surface area contributed by atoms with E-state index in [0.717, 1.165) is 6.07 Å². The fraction of sp³-hybridized carbons (Fsp3) is 0.409. The normalized spacial score (nSPS) is 33.7. The third-order valence-electron chi connectivity index (χ3n) is 7.08. The number of amides is 1. The molecule has 0 fully saturated rings. The Balaban J connectivity index is 2.10. The Morgan fingerprint density at radius 1 is 1.15 bits per heavy atom. The average molecular weight is 479 g/mol. The smallest absolute Gasteiger partial charge is 0.255 e. The first-order chi connectivity index (χ1) is 15.2. The molecule has 1 unspecified atom stereocenters. The largest absolute Gasteiger partial charge is 0.508 e. The van der Waals surface area contributed by atoms with Gasteiger partial charge >= 0.3 is 0 Å². The number of nitrogens with zero attached hydrogens (tertiary/aromatic N) is 1. The van der Waals surface area contributed by atoms with E-state index in [1.807, 2.05) is 0 Å². The summed E-state index contributed by atoms with van der Waals surface area (Å²) >= 11 is 6.26. The predicted molar refractivity (Wildman–Crippen MR) is 115 cm³/mol. The molecule has 1 aromatic carbocycles. The van der Waals surface area contributed by atoms with Gasteiger partial charge in [0.2, 0.25) is 0 Å². The van der Waals surface area contributed by atoms with Crippen molar-refractivity contribution in [1.82, 2.24) is 4.90 Å². The fourth-order valence-electron chi connectivity index (χ4n) is 5.58. The van der Waals surface area contributed by atoms with Gasteiger partial charge in [0, 0.05) is 28.0 Å². The van der Waals surface area contributed by atoms with Crippen LogP contribution >= 0.6 is 11.6 Å². The molecule has 1 aromatic rings. The molecule has 0 spiro atoms. The Morgan fingerprint density at radius 2 is 1.76 bits per heavy atom. The summed E-state index contributed by atoms with van der Waals surface area (Å²) in [6.07, 6.45) is -0.259. The van der Waals surface area contributed by atoms with Crippen LogP contribution in [-0.2, 0) is 15.2 Å². The van der Waals surface area contributed by atoms with Crippen molar-refractivity contribution in [1.29, 1.82) is 0 Å². The van der Waals surface area contributed by atoms with Gasteiger partial charge in [-0.2, -0.15) is 0 Å². The molecule has 0 saturated heterocycles. The first kappa shape index (κ1) is 23.2. The third-order valence-corrected chi connectivity index (χ3v) is 7.39. The van der Waals surface area contributed by atoms with Gasteiger partial charge < -0.3 is 31.3 Å². The van der Waals surface area contributed by atoms with Gasteiger partial charge in [0.1, 0.15) is 22.8 Å². The van der Waals surface area contributed by atoms with Gasteiger partial charge in [0.05, 0.1) is 17.2 Å². The molecule has 0 aliphatic heterocycles. The minimum atomic E-state index is -2.71. The molecule has 3 aliphatic carbocycles. The van der Waals surface area contributed by atoms with E-state index in [4.69, 9.17) is 17.3 Å². The monoisotopic (exact) mass is 478 g/mol. The number of benzene rings is 1. The number of fused-ring (bicyclic) bond motifs is 3. The minimum Gasteiger partial charge on any atom is -0.508 e. The van der Waals surface area contributed by atoms with Crippen LogP contribution in [0.5, 0.6) is 5.75 Å². The summed E-state index contributed by atoms with van der Waals surface area (Å²) in [4.78, 5) is 39.8. The zero-order valence-corrected chi connectivity index (χ0v) is 18.7. The van der Waals surface area contributed by atoms with Gasteiger partial charge in [-0.3, -0.25) is 19.3 Å². The number of likely N-dealkylation sites (N-methyl/N-ethyl adjacent to an activating group) is 1. The number of aliphatic hydroxyl groups excluding tert-OH is 2. The van der Waals surface area contributed by atoms with E-state index in [2.05, 4.69) is 0 Å². The molecule has 11 heteroatoms. The number of phenols is 1. The number of aromatic hydroxyl groups is 1. The van der Waals surface area contributed by atoms with Gasteiger partial charge in [0.25, 0.3) is 5.91 Å². The second kappa shape index (κ2) is 7.04. The van der Waals surface area contributed by atoms with Crippen molar-refractivity contribution < 1.29 is 39.9 Å². The zero-order chi connectivity index (χ0) is 24.8. The van der Waals surface area contributed by atoms with Crippen LogP contribution in [0.3, 0.4) is 0 Å². The van der Waals surface area contributed by atoms with Crippen LogP contribution in [-0.4, -0.2) is 73.6 Å². The Morgan fingerprint density at radius 3 is 2.30 bits per heavy atom. The number of halogens is 1. The third kappa shape index (κ3) is 2.75. The van der Waals surface area contributed by atoms with Crippen LogP contribution in [0.4, 0.5) is 0 Å². The summed E-state index contributed by atoms with van der Waals surface area (Å²) < 4.78 is 0. The molecule has 5 atom stereocenters. The number of aliphatic hydroxyl groups is 4. The quantitative estimate of drug-likeness (QED) is 0.328. The predicted octanol–water partition coefficient (Wildman–Crippen LogP) is 0.439. The van der Waals surface area contributed by atoms with E-state index in [9.17, 15) is 39.9 Å². The second-order valence-electron chi connectivity index (χ2n) is 9.08. The van der Waals surface area contributed by atoms with Crippen LogP contribution in [0.15, 0.2) is 34.8 Å². The highest BCUT2D eigenvalue weighted by molar-refractivity contribution is 6.33. The van der Waals surface area contributed by atoms with E-state index in [0.29, 0.717) is 0 Å². The lowest BCUT2D eigenvalue weighted by molar-refractivity contribution is -0.139. The lowest BCUT2D eigenvalue weighted by Gasteiger charge is -2.53. The van der Waals surface area contributed by atoms with Crippen molar-refractivity contribution in [2.45, 2.75) is 30.6 Å². The van der Waals surface area contributed by atoms with Gasteiger partial charge in [-0.15, -0.1) is 0 Å². The molecule has 0 bridgehead atoms. The number of carbonyl (C=O) groups is 3. The van der Waals surface area contributed by atoms with Gasteiger partial charge in [0.15, 0.2) is 17.2 Å². The summed E-state index contributed by atoms with van der Waals surface area (Å²) in [5, 5.41) is 55.4. The van der Waals surface area contributed by atoms with Crippen molar-refractivity contribution in [3.8, 4) is 5.75 Å². The summed E-state index contributed by atoms with van der Waals surface area (Å²) in [5.74, 6) is -8.24. The fourth-order valence-corrected chi connectivity index (χ4v) is 5.93. The van der Waals surface area contributed by atoms with Crippen LogP contribution in [0, 0.1) is 11.8 Å². The van der Waals surface area contributed by atoms with Gasteiger partial charge in [-0.25, -0.2) is 0 Å². The van der Waals surface area contributed by atoms with Crippen molar-refractivity contribution in [3.63, 3.8) is 0 Å². The van der Waals surface area contributed by atoms with Crippen LogP contribution in [0.2, 0.25) is 5.02 Å². The van der Waals surface area contributed by atoms with Crippen molar-refractivity contribution >= 4 is 29.1 Å². The molecule has 176 valence electrons. The second-order valence-corrected chi connectivity index (χ2v) is 9.48. The number of carbonyl (C=O) groups excluding carboxylic acids is 3. The topological polar surface area (TPSA) is 182 Å². The number of hydrogen-bond acceptors (Lipinski definition) is 9. The van der Waals surface area contributed by atoms with E-state index >= 15 is 0 Å². The molecule has 10 nitrogen and oxygen atoms in total. The molecule has 0 aromatic heterocycles. The SMILES string of the molecule is CN(C)[C@@H]1C(=O)C(C(N)=O)=C(O)[C@@]2(O)C(O)=C3C(=O)c4c(O)ccc(Cl)c4[C@@](C)(O)C3C[C@@H]12. The average Bonchev–Trinajstić information content (AvgIpc) is 2.69. The van der Waals surface area contributed by atoms with Crippen molar-refractivity contribution in [2.24, 2.45) is 17.6 Å². The molecule has 0 radical (unpaired) electrons. The number of hydrogen-bond donors (Lipinski definition) is 6. The molecule has 4 rings (SSSR count). The van der Waals surface area contributed by atoms with E-state index in [1.165, 1.54) is 32.0 Å². The number of rotatable bonds is 2. The number of Topliss-reactive ketones (excluding diaryl/α,β-unsaturated/α-hetero) is 2. The Labute approximate surface area is 193 Å². The molecule has 7 N–H and O–H groups in total. The highest BCUT2D eigenvalue weighted by Gasteiger charge is 2.65. The molecule has 0 saturated carbocycles. The lowest BCUT2D eigenvalue weighted by Crippen LogP contribution is -2.64.